The number of primary amides is 1. The Labute approximate surface area is 200 Å². The largest absolute Gasteiger partial charge is 0.481 e. The Morgan fingerprint density at radius 3 is 1.89 bits per heavy atom. The van der Waals surface area contributed by atoms with E-state index in [0.717, 1.165) is 0 Å². The van der Waals surface area contributed by atoms with Gasteiger partial charge in [0.25, 0.3) is 0 Å². The maximum Gasteiger partial charge on any atom is 0.326 e. The Balaban J connectivity index is 3.12. The van der Waals surface area contributed by atoms with Crippen LogP contribution in [0.2, 0.25) is 0 Å². The number of aliphatic hydroxyl groups is 1. The van der Waals surface area contributed by atoms with Crippen molar-refractivity contribution in [3.8, 4) is 0 Å². The molecule has 0 heterocycles. The minimum atomic E-state index is -1.64. The van der Waals surface area contributed by atoms with E-state index in [2.05, 4.69) is 16.0 Å². The topological polar surface area (TPSA) is 251 Å². The minimum absolute atomic E-state index is 0.107. The van der Waals surface area contributed by atoms with Crippen LogP contribution in [0.5, 0.6) is 0 Å². The third kappa shape index (κ3) is 10.6. The number of carboxylic acids is 2. The first-order valence-corrected chi connectivity index (χ1v) is 10.5. The monoisotopic (exact) mass is 495 g/mol. The molecule has 0 aromatic heterocycles. The summed E-state index contributed by atoms with van der Waals surface area (Å²) in [6.07, 6.45) is -1.57. The summed E-state index contributed by atoms with van der Waals surface area (Å²) < 4.78 is 0. The molecule has 0 aliphatic heterocycles. The van der Waals surface area contributed by atoms with E-state index in [4.69, 9.17) is 21.7 Å². The Bertz CT molecular complexity index is 925. The average Bonchev–Trinajstić information content (AvgIpc) is 2.79. The van der Waals surface area contributed by atoms with Gasteiger partial charge in [-0.2, -0.15) is 0 Å². The average molecular weight is 495 g/mol. The van der Waals surface area contributed by atoms with Crippen LogP contribution < -0.4 is 27.4 Å². The van der Waals surface area contributed by atoms with Crippen molar-refractivity contribution in [2.45, 2.75) is 49.9 Å². The lowest BCUT2D eigenvalue weighted by Crippen LogP contribution is -2.58. The van der Waals surface area contributed by atoms with Crippen molar-refractivity contribution in [1.82, 2.24) is 16.0 Å². The van der Waals surface area contributed by atoms with Crippen molar-refractivity contribution in [2.75, 3.05) is 6.61 Å². The summed E-state index contributed by atoms with van der Waals surface area (Å²) in [5.41, 5.74) is 11.0. The smallest absolute Gasteiger partial charge is 0.326 e. The van der Waals surface area contributed by atoms with Crippen molar-refractivity contribution in [1.29, 1.82) is 0 Å². The van der Waals surface area contributed by atoms with Crippen molar-refractivity contribution in [3.63, 3.8) is 0 Å². The van der Waals surface area contributed by atoms with Crippen LogP contribution in [-0.4, -0.2) is 81.7 Å². The summed E-state index contributed by atoms with van der Waals surface area (Å²) in [7, 11) is 0. The second-order valence-electron chi connectivity index (χ2n) is 7.60. The Kier molecular flexibility index (Phi) is 11.8. The van der Waals surface area contributed by atoms with Gasteiger partial charge < -0.3 is 42.7 Å². The molecule has 192 valence electrons. The molecule has 0 aliphatic carbocycles. The van der Waals surface area contributed by atoms with Gasteiger partial charge in [-0.05, 0) is 12.0 Å². The zero-order chi connectivity index (χ0) is 26.5. The number of amides is 4. The number of hydrogen-bond acceptors (Lipinski definition) is 8. The fraction of sp³-hybridized carbons (Fsp3) is 0.429. The van der Waals surface area contributed by atoms with Crippen LogP contribution in [0.15, 0.2) is 30.3 Å². The molecule has 0 saturated heterocycles. The van der Waals surface area contributed by atoms with Crippen LogP contribution in [0.4, 0.5) is 0 Å². The van der Waals surface area contributed by atoms with Crippen LogP contribution >= 0.6 is 0 Å². The first-order valence-electron chi connectivity index (χ1n) is 10.5. The fourth-order valence-electron chi connectivity index (χ4n) is 2.89. The van der Waals surface area contributed by atoms with Gasteiger partial charge >= 0.3 is 11.9 Å². The van der Waals surface area contributed by atoms with E-state index in [0.29, 0.717) is 5.56 Å². The molecule has 14 heteroatoms. The summed E-state index contributed by atoms with van der Waals surface area (Å²) in [5.74, 6) is -6.61. The molecule has 0 radical (unpaired) electrons. The zero-order valence-electron chi connectivity index (χ0n) is 18.7. The number of nitrogens with one attached hydrogen (secondary N) is 3. The summed E-state index contributed by atoms with van der Waals surface area (Å²) in [6.45, 7) is -0.756. The van der Waals surface area contributed by atoms with Crippen LogP contribution in [0.25, 0.3) is 0 Å². The molecule has 10 N–H and O–H groups in total. The SMILES string of the molecule is NC(=O)CCC(NC(=O)C(Cc1ccccc1)NC(=O)C(CC(=O)O)NC(=O)C(N)CO)C(=O)O. The Morgan fingerprint density at radius 1 is 0.829 bits per heavy atom. The zero-order valence-corrected chi connectivity index (χ0v) is 18.7. The predicted molar refractivity (Wildman–Crippen MR) is 119 cm³/mol. The number of hydrogen-bond donors (Lipinski definition) is 8. The minimum Gasteiger partial charge on any atom is -0.481 e. The summed E-state index contributed by atoms with van der Waals surface area (Å²) in [5, 5.41) is 34.1. The van der Waals surface area contributed by atoms with Gasteiger partial charge in [0, 0.05) is 12.8 Å². The molecule has 35 heavy (non-hydrogen) atoms. The van der Waals surface area contributed by atoms with Gasteiger partial charge in [0.1, 0.15) is 24.2 Å². The second-order valence-corrected chi connectivity index (χ2v) is 7.60. The highest BCUT2D eigenvalue weighted by Gasteiger charge is 2.31. The van der Waals surface area contributed by atoms with Crippen LogP contribution in [0.1, 0.15) is 24.8 Å². The van der Waals surface area contributed by atoms with E-state index in [1.54, 1.807) is 30.3 Å². The highest BCUT2D eigenvalue weighted by atomic mass is 16.4. The quantitative estimate of drug-likeness (QED) is 0.121. The predicted octanol–water partition coefficient (Wildman–Crippen LogP) is -3.17. The van der Waals surface area contributed by atoms with E-state index in [9.17, 15) is 33.9 Å². The van der Waals surface area contributed by atoms with E-state index < -0.39 is 72.8 Å². The number of nitrogens with two attached hydrogens (primary N) is 2. The first kappa shape index (κ1) is 29.0. The number of carbonyl (C=O) groups is 6. The summed E-state index contributed by atoms with van der Waals surface area (Å²) >= 11 is 0. The molecule has 0 spiro atoms. The maximum absolute atomic E-state index is 12.9. The molecule has 14 nitrogen and oxygen atoms in total. The lowest BCUT2D eigenvalue weighted by Gasteiger charge is -2.24. The molecule has 0 bridgehead atoms. The van der Waals surface area contributed by atoms with E-state index >= 15 is 0 Å². The van der Waals surface area contributed by atoms with Crippen LogP contribution in [0, 0.1) is 0 Å². The van der Waals surface area contributed by atoms with E-state index in [-0.39, 0.29) is 19.3 Å². The second kappa shape index (κ2) is 14.3. The normalized spacial score (nSPS) is 14.0. The molecule has 4 unspecified atom stereocenters. The first-order chi connectivity index (χ1) is 16.4. The van der Waals surface area contributed by atoms with E-state index in [1.165, 1.54) is 0 Å². The van der Waals surface area contributed by atoms with Crippen molar-refractivity contribution >= 4 is 35.6 Å². The maximum atomic E-state index is 12.9. The standard InChI is InChI=1S/C21H29N5O9/c22-12(10-27)18(31)25-15(9-17(29)30)20(33)26-14(8-11-4-2-1-3-5-11)19(32)24-13(21(34)35)6-7-16(23)28/h1-5,12-15,27H,6-10,22H2,(H2,23,28)(H,24,32)(H,25,31)(H,26,33)(H,29,30)(H,34,35). The number of rotatable bonds is 15. The number of benzene rings is 1. The molecule has 0 fully saturated rings. The molecular formula is C21H29N5O9. The van der Waals surface area contributed by atoms with Gasteiger partial charge in [-0.1, -0.05) is 30.3 Å². The number of carbonyl (C=O) groups excluding carboxylic acids is 4. The number of aliphatic carboxylic acids is 2. The molecule has 4 atom stereocenters. The van der Waals surface area contributed by atoms with Gasteiger partial charge in [-0.3, -0.25) is 24.0 Å². The molecule has 1 aromatic rings. The molecule has 0 aliphatic rings. The molecule has 4 amide bonds. The van der Waals surface area contributed by atoms with Gasteiger partial charge in [0.2, 0.25) is 23.6 Å². The molecule has 0 saturated carbocycles. The summed E-state index contributed by atoms with van der Waals surface area (Å²) in [4.78, 5) is 71.4. The lowest BCUT2D eigenvalue weighted by atomic mass is 10.0. The molecular weight excluding hydrogens is 466 g/mol. The number of carboxylic acid groups (broad SMARTS) is 2. The van der Waals surface area contributed by atoms with E-state index in [1.807, 2.05) is 0 Å². The Hall–Kier alpha value is -4.04. The van der Waals surface area contributed by atoms with Crippen LogP contribution in [0.3, 0.4) is 0 Å². The highest BCUT2D eigenvalue weighted by molar-refractivity contribution is 5.95. The third-order valence-corrected chi connectivity index (χ3v) is 4.75. The molecule has 1 rings (SSSR count). The van der Waals surface area contributed by atoms with Gasteiger partial charge in [-0.15, -0.1) is 0 Å². The lowest BCUT2D eigenvalue weighted by molar-refractivity contribution is -0.143. The van der Waals surface area contributed by atoms with Crippen molar-refractivity contribution < 1.29 is 44.1 Å². The molecule has 1 aromatic carbocycles. The van der Waals surface area contributed by atoms with Crippen molar-refractivity contribution in [2.24, 2.45) is 11.5 Å². The third-order valence-electron chi connectivity index (χ3n) is 4.75. The summed E-state index contributed by atoms with van der Waals surface area (Å²) in [6, 6.07) is 2.42. The van der Waals surface area contributed by atoms with Gasteiger partial charge in [0.15, 0.2) is 0 Å². The fourth-order valence-corrected chi connectivity index (χ4v) is 2.89. The van der Waals surface area contributed by atoms with Gasteiger partial charge in [0.05, 0.1) is 13.0 Å². The Morgan fingerprint density at radius 2 is 1.37 bits per heavy atom. The van der Waals surface area contributed by atoms with Crippen LogP contribution in [-0.2, 0) is 35.2 Å². The van der Waals surface area contributed by atoms with Gasteiger partial charge in [-0.25, -0.2) is 4.79 Å². The highest BCUT2D eigenvalue weighted by Crippen LogP contribution is 2.07. The number of aliphatic hydroxyl groups excluding tert-OH is 1. The van der Waals surface area contributed by atoms with Crippen molar-refractivity contribution in [3.05, 3.63) is 35.9 Å².